The van der Waals surface area contributed by atoms with Gasteiger partial charge in [-0.1, -0.05) is 0 Å². The summed E-state index contributed by atoms with van der Waals surface area (Å²) < 4.78 is 0. The van der Waals surface area contributed by atoms with Crippen molar-refractivity contribution < 1.29 is 19.8 Å². The zero-order valence-electron chi connectivity index (χ0n) is 7.84. The molecule has 6 N–H and O–H groups in total. The van der Waals surface area contributed by atoms with Gasteiger partial charge in [-0.2, -0.15) is 0 Å². The Balaban J connectivity index is 0.000000583. The molecule has 8 heteroatoms. The molecule has 0 unspecified atom stereocenters. The topological polar surface area (TPSA) is 152 Å². The van der Waals surface area contributed by atoms with Gasteiger partial charge in [0.25, 0.3) is 6.47 Å². The van der Waals surface area contributed by atoms with Gasteiger partial charge in [-0.15, -0.1) is 0 Å². The third-order valence-corrected chi connectivity index (χ3v) is 1.34. The summed E-state index contributed by atoms with van der Waals surface area (Å²) >= 11 is 0. The summed E-state index contributed by atoms with van der Waals surface area (Å²) in [6.45, 7) is 1.35. The van der Waals surface area contributed by atoms with Crippen LogP contribution >= 0.6 is 0 Å². The highest BCUT2D eigenvalue weighted by Crippen LogP contribution is 2.11. The molecule has 0 aliphatic rings. The molecule has 0 aliphatic carbocycles. The maximum atomic E-state index is 10.4. The average molecular weight is 214 g/mol. The number of hydrogen-bond donors (Lipinski definition) is 4. The molecule has 0 saturated heterocycles. The number of anilines is 2. The summed E-state index contributed by atoms with van der Waals surface area (Å²) in [6, 6.07) is 0. The van der Waals surface area contributed by atoms with E-state index in [1.807, 2.05) is 0 Å². The minimum absolute atomic E-state index is 0.0848. The molecule has 0 fully saturated rings. The molecule has 1 heterocycles. The first-order valence-electron chi connectivity index (χ1n) is 3.64. The summed E-state index contributed by atoms with van der Waals surface area (Å²) in [5.41, 5.74) is 10.7. The van der Waals surface area contributed by atoms with Gasteiger partial charge in [0, 0.05) is 0 Å². The van der Waals surface area contributed by atoms with Crippen molar-refractivity contribution in [2.24, 2.45) is 0 Å². The Morgan fingerprint density at radius 3 is 2.20 bits per heavy atom. The fourth-order valence-corrected chi connectivity index (χ4v) is 0.707. The summed E-state index contributed by atoms with van der Waals surface area (Å²) in [6.07, 6.45) is 0. The van der Waals surface area contributed by atoms with E-state index < -0.39 is 5.97 Å². The maximum absolute atomic E-state index is 10.4. The van der Waals surface area contributed by atoms with Gasteiger partial charge in [0.15, 0.2) is 11.5 Å². The van der Waals surface area contributed by atoms with Crippen LogP contribution in [0.25, 0.3) is 0 Å². The van der Waals surface area contributed by atoms with Crippen LogP contribution in [-0.2, 0) is 4.79 Å². The Kier molecular flexibility index (Phi) is 4.52. The number of hydrogen-bond acceptors (Lipinski definition) is 6. The molecule has 0 atom stereocenters. The van der Waals surface area contributed by atoms with E-state index in [1.165, 1.54) is 0 Å². The lowest BCUT2D eigenvalue weighted by atomic mass is 10.3. The van der Waals surface area contributed by atoms with Crippen molar-refractivity contribution in [3.8, 4) is 0 Å². The summed E-state index contributed by atoms with van der Waals surface area (Å²) in [5.74, 6) is -1.26. The molecule has 8 nitrogen and oxygen atoms in total. The number of rotatable bonds is 1. The van der Waals surface area contributed by atoms with Crippen molar-refractivity contribution in [2.75, 3.05) is 11.5 Å². The first-order chi connectivity index (χ1) is 6.93. The van der Waals surface area contributed by atoms with Gasteiger partial charge < -0.3 is 21.7 Å². The number of nitrogen functional groups attached to an aromatic ring is 2. The Bertz CT molecular complexity index is 379. The van der Waals surface area contributed by atoms with Gasteiger partial charge in [-0.05, 0) is 6.92 Å². The van der Waals surface area contributed by atoms with Gasteiger partial charge in [0.05, 0.1) is 5.69 Å². The summed E-state index contributed by atoms with van der Waals surface area (Å²) in [5, 5.41) is 15.4. The van der Waals surface area contributed by atoms with Crippen LogP contribution < -0.4 is 11.5 Å². The smallest absolute Gasteiger partial charge is 0.358 e. The van der Waals surface area contributed by atoms with Gasteiger partial charge in [0.1, 0.15) is 5.82 Å². The second-order valence-electron chi connectivity index (χ2n) is 2.34. The Morgan fingerprint density at radius 2 is 1.80 bits per heavy atom. The number of nitrogens with two attached hydrogens (primary N) is 2. The molecule has 82 valence electrons. The number of aromatic carboxylic acids is 1. The van der Waals surface area contributed by atoms with Crippen LogP contribution in [0.3, 0.4) is 0 Å². The van der Waals surface area contributed by atoms with Crippen molar-refractivity contribution >= 4 is 24.1 Å². The molecule has 0 spiro atoms. The maximum Gasteiger partial charge on any atom is 0.358 e. The molecule has 1 rings (SSSR count). The zero-order chi connectivity index (χ0) is 12.0. The van der Waals surface area contributed by atoms with E-state index >= 15 is 0 Å². The number of aryl methyl sites for hydroxylation is 1. The molecule has 1 aromatic heterocycles. The summed E-state index contributed by atoms with van der Waals surface area (Å²) in [4.78, 5) is 26.1. The molecule has 15 heavy (non-hydrogen) atoms. The Hall–Kier alpha value is -2.38. The minimum Gasteiger partial charge on any atom is -0.483 e. The van der Waals surface area contributed by atoms with Gasteiger partial charge >= 0.3 is 5.97 Å². The third kappa shape index (κ3) is 3.46. The molecule has 0 radical (unpaired) electrons. The third-order valence-electron chi connectivity index (χ3n) is 1.34. The molecular weight excluding hydrogens is 204 g/mol. The lowest BCUT2D eigenvalue weighted by molar-refractivity contribution is -0.122. The highest BCUT2D eigenvalue weighted by molar-refractivity contribution is 5.90. The van der Waals surface area contributed by atoms with Crippen LogP contribution in [0.2, 0.25) is 0 Å². The van der Waals surface area contributed by atoms with Crippen molar-refractivity contribution in [1.29, 1.82) is 0 Å². The van der Waals surface area contributed by atoms with Gasteiger partial charge in [-0.25, -0.2) is 14.8 Å². The van der Waals surface area contributed by atoms with Crippen molar-refractivity contribution in [1.82, 2.24) is 9.97 Å². The SMILES string of the molecule is Cc1nc(N)c(C(=O)O)nc1N.O=CO. The highest BCUT2D eigenvalue weighted by atomic mass is 16.4. The fraction of sp³-hybridized carbons (Fsp3) is 0.143. The van der Waals surface area contributed by atoms with Crippen molar-refractivity contribution in [2.45, 2.75) is 6.92 Å². The van der Waals surface area contributed by atoms with E-state index in [4.69, 9.17) is 26.5 Å². The van der Waals surface area contributed by atoms with Crippen LogP contribution in [0.15, 0.2) is 0 Å². The number of nitrogens with zero attached hydrogens (tertiary/aromatic N) is 2. The number of aromatic nitrogens is 2. The van der Waals surface area contributed by atoms with Gasteiger partial charge in [0.2, 0.25) is 0 Å². The standard InChI is InChI=1S/C6H8N4O2.CH2O2/c1-2-4(7)10-3(6(11)12)5(8)9-2;2-1-3/h1H3,(H2,7,10)(H2,8,9)(H,11,12);1H,(H,2,3). The molecule has 0 amide bonds. The summed E-state index contributed by atoms with van der Waals surface area (Å²) in [7, 11) is 0. The number of carboxylic acids is 1. The van der Waals surface area contributed by atoms with E-state index in [0.717, 1.165) is 0 Å². The highest BCUT2D eigenvalue weighted by Gasteiger charge is 2.12. The van der Waals surface area contributed by atoms with E-state index in [2.05, 4.69) is 9.97 Å². The van der Waals surface area contributed by atoms with E-state index in [9.17, 15) is 4.79 Å². The van der Waals surface area contributed by atoms with Crippen LogP contribution in [0.5, 0.6) is 0 Å². The van der Waals surface area contributed by atoms with Crippen LogP contribution in [0.4, 0.5) is 11.6 Å². The Labute approximate surface area is 84.6 Å². The van der Waals surface area contributed by atoms with Crippen molar-refractivity contribution in [3.05, 3.63) is 11.4 Å². The largest absolute Gasteiger partial charge is 0.483 e. The molecule has 1 aromatic rings. The molecule has 0 saturated carbocycles. The van der Waals surface area contributed by atoms with Crippen molar-refractivity contribution in [3.63, 3.8) is 0 Å². The van der Waals surface area contributed by atoms with E-state index in [-0.39, 0.29) is 23.8 Å². The number of carbonyl (C=O) groups is 2. The molecule has 0 aliphatic heterocycles. The molecule has 0 aromatic carbocycles. The average Bonchev–Trinajstić information content (AvgIpc) is 2.12. The first kappa shape index (κ1) is 12.6. The van der Waals surface area contributed by atoms with Crippen LogP contribution in [0.1, 0.15) is 16.2 Å². The molecular formula is C7H10N4O4. The normalized spacial score (nSPS) is 8.60. The predicted molar refractivity (Wildman–Crippen MR) is 51.2 cm³/mol. The van der Waals surface area contributed by atoms with Gasteiger partial charge in [-0.3, -0.25) is 4.79 Å². The minimum atomic E-state index is -1.23. The van der Waals surface area contributed by atoms with E-state index in [0.29, 0.717) is 5.69 Å². The van der Waals surface area contributed by atoms with Crippen LogP contribution in [-0.4, -0.2) is 32.6 Å². The zero-order valence-corrected chi connectivity index (χ0v) is 7.84. The lowest BCUT2D eigenvalue weighted by Gasteiger charge is -2.02. The lowest BCUT2D eigenvalue weighted by Crippen LogP contribution is -2.11. The monoisotopic (exact) mass is 214 g/mol. The number of carboxylic acid groups (broad SMARTS) is 2. The first-order valence-corrected chi connectivity index (χ1v) is 3.64. The fourth-order valence-electron chi connectivity index (χ4n) is 0.707. The van der Waals surface area contributed by atoms with Crippen LogP contribution in [0, 0.1) is 6.92 Å². The second-order valence-corrected chi connectivity index (χ2v) is 2.34. The quantitative estimate of drug-likeness (QED) is 0.450. The Morgan fingerprint density at radius 1 is 1.33 bits per heavy atom. The van der Waals surface area contributed by atoms with E-state index in [1.54, 1.807) is 6.92 Å². The molecule has 0 bridgehead atoms. The predicted octanol–water partition coefficient (Wildman–Crippen LogP) is -0.652. The second kappa shape index (κ2) is 5.37.